The van der Waals surface area contributed by atoms with Gasteiger partial charge in [0.05, 0.1) is 5.39 Å². The molecule has 7 nitrogen and oxygen atoms in total. The van der Waals surface area contributed by atoms with Crippen LogP contribution in [0.4, 0.5) is 5.69 Å². The Bertz CT molecular complexity index is 1340. The van der Waals surface area contributed by atoms with Crippen molar-refractivity contribution in [2.75, 3.05) is 18.6 Å². The predicted octanol–water partition coefficient (Wildman–Crippen LogP) is 3.84. The van der Waals surface area contributed by atoms with Gasteiger partial charge in [-0.05, 0) is 24.1 Å². The number of benzene rings is 2. The molecule has 0 saturated carbocycles. The van der Waals surface area contributed by atoms with E-state index in [9.17, 15) is 14.4 Å². The number of ether oxygens (including phenoxy) is 1. The molecule has 0 aliphatic carbocycles. The van der Waals surface area contributed by atoms with Crippen molar-refractivity contribution in [3.05, 3.63) is 81.9 Å². The van der Waals surface area contributed by atoms with Gasteiger partial charge in [-0.25, -0.2) is 9.48 Å². The molecule has 0 fully saturated rings. The van der Waals surface area contributed by atoms with Crippen LogP contribution in [0.15, 0.2) is 65.1 Å². The summed E-state index contributed by atoms with van der Waals surface area (Å²) in [4.78, 5) is 40.2. The molecule has 1 aliphatic heterocycles. The zero-order valence-corrected chi connectivity index (χ0v) is 19.3. The molecule has 2 aromatic carbocycles. The number of carbonyl (C=O) groups excluding carboxylic acids is 2. The molecule has 0 radical (unpaired) electrons. The molecular formula is C26H27N3O4. The molecule has 3 aromatic rings. The van der Waals surface area contributed by atoms with Crippen LogP contribution in [0.2, 0.25) is 0 Å². The number of ketones is 1. The van der Waals surface area contributed by atoms with E-state index in [4.69, 9.17) is 4.74 Å². The highest BCUT2D eigenvalue weighted by molar-refractivity contribution is 6.03. The van der Waals surface area contributed by atoms with Gasteiger partial charge < -0.3 is 9.64 Å². The lowest BCUT2D eigenvalue weighted by molar-refractivity contribution is -0.117. The molecule has 0 atom stereocenters. The number of esters is 1. The number of rotatable bonds is 6. The monoisotopic (exact) mass is 445 g/mol. The van der Waals surface area contributed by atoms with Gasteiger partial charge >= 0.3 is 5.97 Å². The second-order valence-corrected chi connectivity index (χ2v) is 8.70. The van der Waals surface area contributed by atoms with Crippen LogP contribution in [-0.4, -0.2) is 35.2 Å². The van der Waals surface area contributed by atoms with Crippen molar-refractivity contribution in [1.29, 1.82) is 0 Å². The largest absolute Gasteiger partial charge is 0.453 e. The molecule has 0 bridgehead atoms. The summed E-state index contributed by atoms with van der Waals surface area (Å²) in [6, 6.07) is 14.8. The van der Waals surface area contributed by atoms with Crippen LogP contribution in [-0.2, 0) is 21.5 Å². The van der Waals surface area contributed by atoms with Gasteiger partial charge in [0.15, 0.2) is 18.1 Å². The molecule has 2 heterocycles. The van der Waals surface area contributed by atoms with Crippen molar-refractivity contribution in [3.8, 4) is 0 Å². The third kappa shape index (κ3) is 3.95. The van der Waals surface area contributed by atoms with Gasteiger partial charge in [-0.3, -0.25) is 9.59 Å². The summed E-state index contributed by atoms with van der Waals surface area (Å²) in [5, 5.41) is 5.04. The molecule has 7 heteroatoms. The third-order valence-electron chi connectivity index (χ3n) is 6.08. The molecule has 4 rings (SSSR count). The second-order valence-electron chi connectivity index (χ2n) is 8.70. The quantitative estimate of drug-likeness (QED) is 0.424. The first-order valence-corrected chi connectivity index (χ1v) is 11.0. The number of aromatic nitrogens is 2. The number of allylic oxidation sites excluding steroid dienone is 1. The van der Waals surface area contributed by atoms with E-state index in [0.29, 0.717) is 23.7 Å². The fourth-order valence-electron chi connectivity index (χ4n) is 4.41. The minimum absolute atomic E-state index is 0.0322. The standard InChI is InChI=1S/C26H27N3O4/c1-5-14-29-24(31)19-11-7-6-10-18(19)23(27-29)25(32)33-16-17(30)15-22-26(2,3)20-12-8-9-13-21(20)28(22)4/h6-13,15H,5,14,16H2,1-4H3. The van der Waals surface area contributed by atoms with Crippen molar-refractivity contribution in [2.45, 2.75) is 39.2 Å². The summed E-state index contributed by atoms with van der Waals surface area (Å²) in [5.41, 5.74) is 2.45. The Hall–Kier alpha value is -3.74. The molecule has 0 amide bonds. The number of carbonyl (C=O) groups is 2. The fourth-order valence-corrected chi connectivity index (χ4v) is 4.41. The lowest BCUT2D eigenvalue weighted by Gasteiger charge is -2.23. The Labute approximate surface area is 192 Å². The lowest BCUT2D eigenvalue weighted by atomic mass is 9.83. The minimum Gasteiger partial charge on any atom is -0.453 e. The molecule has 0 spiro atoms. The van der Waals surface area contributed by atoms with E-state index < -0.39 is 12.6 Å². The van der Waals surface area contributed by atoms with Gasteiger partial charge in [-0.1, -0.05) is 57.2 Å². The van der Waals surface area contributed by atoms with E-state index in [1.807, 2.05) is 37.1 Å². The van der Waals surface area contributed by atoms with Gasteiger partial charge in [-0.15, -0.1) is 0 Å². The number of aryl methyl sites for hydroxylation is 1. The topological polar surface area (TPSA) is 81.5 Å². The van der Waals surface area contributed by atoms with E-state index in [1.165, 1.54) is 10.8 Å². The Balaban J connectivity index is 1.57. The summed E-state index contributed by atoms with van der Waals surface area (Å²) in [6.07, 6.45) is 2.23. The smallest absolute Gasteiger partial charge is 0.359 e. The Morgan fingerprint density at radius 1 is 1.06 bits per heavy atom. The maximum Gasteiger partial charge on any atom is 0.359 e. The van der Waals surface area contributed by atoms with Crippen molar-refractivity contribution in [2.24, 2.45) is 0 Å². The molecule has 33 heavy (non-hydrogen) atoms. The first kappa shape index (κ1) is 22.5. The predicted molar refractivity (Wildman–Crippen MR) is 128 cm³/mol. The lowest BCUT2D eigenvalue weighted by Crippen LogP contribution is -2.27. The maximum absolute atomic E-state index is 12.9. The summed E-state index contributed by atoms with van der Waals surface area (Å²) in [5.74, 6) is -1.05. The van der Waals surface area contributed by atoms with Gasteiger partial charge in [0, 0.05) is 41.9 Å². The van der Waals surface area contributed by atoms with Crippen LogP contribution >= 0.6 is 0 Å². The normalized spacial score (nSPS) is 15.6. The Morgan fingerprint density at radius 3 is 2.42 bits per heavy atom. The Morgan fingerprint density at radius 2 is 1.73 bits per heavy atom. The highest BCUT2D eigenvalue weighted by atomic mass is 16.5. The summed E-state index contributed by atoms with van der Waals surface area (Å²) >= 11 is 0. The van der Waals surface area contributed by atoms with Crippen LogP contribution in [0.1, 0.15) is 43.2 Å². The molecule has 1 aromatic heterocycles. The van der Waals surface area contributed by atoms with E-state index >= 15 is 0 Å². The van der Waals surface area contributed by atoms with E-state index in [0.717, 1.165) is 16.9 Å². The summed E-state index contributed by atoms with van der Waals surface area (Å²) < 4.78 is 6.61. The molecule has 170 valence electrons. The van der Waals surface area contributed by atoms with Crippen LogP contribution in [0.25, 0.3) is 10.8 Å². The fraction of sp³-hybridized carbons (Fsp3) is 0.308. The average Bonchev–Trinajstić information content (AvgIpc) is 3.00. The van der Waals surface area contributed by atoms with Gasteiger partial charge in [-0.2, -0.15) is 5.10 Å². The number of nitrogens with zero attached hydrogens (tertiary/aromatic N) is 3. The van der Waals surface area contributed by atoms with Crippen LogP contribution < -0.4 is 10.5 Å². The number of fused-ring (bicyclic) bond motifs is 2. The van der Waals surface area contributed by atoms with E-state index in [-0.39, 0.29) is 22.5 Å². The van der Waals surface area contributed by atoms with Crippen molar-refractivity contribution in [1.82, 2.24) is 9.78 Å². The van der Waals surface area contributed by atoms with Crippen molar-refractivity contribution >= 4 is 28.2 Å². The van der Waals surface area contributed by atoms with E-state index in [1.54, 1.807) is 24.3 Å². The molecule has 0 saturated heterocycles. The zero-order chi connectivity index (χ0) is 23.8. The van der Waals surface area contributed by atoms with Crippen molar-refractivity contribution in [3.63, 3.8) is 0 Å². The molecular weight excluding hydrogens is 418 g/mol. The molecule has 1 aliphatic rings. The first-order valence-electron chi connectivity index (χ1n) is 11.0. The highest BCUT2D eigenvalue weighted by Gasteiger charge is 2.38. The Kier molecular flexibility index (Phi) is 5.89. The van der Waals surface area contributed by atoms with E-state index in [2.05, 4.69) is 25.0 Å². The highest BCUT2D eigenvalue weighted by Crippen LogP contribution is 2.46. The summed E-state index contributed by atoms with van der Waals surface area (Å²) in [6.45, 7) is 6.02. The second kappa shape index (κ2) is 8.65. The van der Waals surface area contributed by atoms with Gasteiger partial charge in [0.1, 0.15) is 0 Å². The van der Waals surface area contributed by atoms with Crippen molar-refractivity contribution < 1.29 is 14.3 Å². The number of hydrogen-bond donors (Lipinski definition) is 0. The SMILES string of the molecule is CCCn1nc(C(=O)OCC(=O)C=C2N(C)c3ccccc3C2(C)C)c2ccccc2c1=O. The number of para-hydroxylation sites is 1. The van der Waals surface area contributed by atoms with Gasteiger partial charge in [0.2, 0.25) is 0 Å². The number of hydrogen-bond acceptors (Lipinski definition) is 6. The summed E-state index contributed by atoms with van der Waals surface area (Å²) in [7, 11) is 1.92. The van der Waals surface area contributed by atoms with Crippen LogP contribution in [0, 0.1) is 0 Å². The van der Waals surface area contributed by atoms with Crippen LogP contribution in [0.3, 0.4) is 0 Å². The number of likely N-dealkylation sites (N-methyl/N-ethyl adjacent to an activating group) is 1. The molecule has 0 unspecified atom stereocenters. The van der Waals surface area contributed by atoms with Crippen LogP contribution in [0.5, 0.6) is 0 Å². The first-order chi connectivity index (χ1) is 15.8. The third-order valence-corrected chi connectivity index (χ3v) is 6.08. The average molecular weight is 446 g/mol. The zero-order valence-electron chi connectivity index (χ0n) is 19.3. The minimum atomic E-state index is -0.731. The molecule has 0 N–H and O–H groups in total. The number of anilines is 1. The maximum atomic E-state index is 12.9. The van der Waals surface area contributed by atoms with Gasteiger partial charge in [0.25, 0.3) is 5.56 Å².